The maximum atomic E-state index is 10.9. The molecule has 1 amide bonds. The van der Waals surface area contributed by atoms with E-state index in [9.17, 15) is 14.4 Å². The first-order chi connectivity index (χ1) is 7.93. The van der Waals surface area contributed by atoms with Crippen LogP contribution in [0.15, 0.2) is 18.2 Å². The molecule has 0 heterocycles. The summed E-state index contributed by atoms with van der Waals surface area (Å²) in [6.07, 6.45) is -0.308. The predicted molar refractivity (Wildman–Crippen MR) is 54.0 cm³/mol. The van der Waals surface area contributed by atoms with Gasteiger partial charge in [-0.15, -0.1) is 0 Å². The van der Waals surface area contributed by atoms with E-state index in [-0.39, 0.29) is 23.1 Å². The van der Waals surface area contributed by atoms with Gasteiger partial charge in [-0.3, -0.25) is 10.0 Å². The molecular formula is C10H9NO6. The highest BCUT2D eigenvalue weighted by Crippen LogP contribution is 2.11. The van der Waals surface area contributed by atoms with Gasteiger partial charge in [-0.05, 0) is 23.8 Å². The average molecular weight is 239 g/mol. The van der Waals surface area contributed by atoms with Gasteiger partial charge in [-0.2, -0.15) is 0 Å². The van der Waals surface area contributed by atoms with Crippen molar-refractivity contribution in [3.8, 4) is 0 Å². The molecule has 1 aromatic carbocycles. The molecule has 0 fully saturated rings. The van der Waals surface area contributed by atoms with E-state index in [2.05, 4.69) is 0 Å². The quantitative estimate of drug-likeness (QED) is 0.437. The number of carbonyl (C=O) groups is 3. The zero-order valence-corrected chi connectivity index (χ0v) is 8.51. The third-order valence-electron chi connectivity index (χ3n) is 1.98. The zero-order chi connectivity index (χ0) is 13.0. The van der Waals surface area contributed by atoms with E-state index in [0.717, 1.165) is 6.07 Å². The van der Waals surface area contributed by atoms with E-state index in [1.54, 1.807) is 0 Å². The van der Waals surface area contributed by atoms with Crippen LogP contribution in [0.5, 0.6) is 0 Å². The molecule has 0 aliphatic rings. The Kier molecular flexibility index (Phi) is 3.78. The van der Waals surface area contributed by atoms with Crippen molar-refractivity contribution in [2.24, 2.45) is 0 Å². The first-order valence-corrected chi connectivity index (χ1v) is 4.47. The standard InChI is InChI=1S/C10H9NO6/c12-8(11-17)3-5-1-6(9(13)14)4-7(2-5)10(15)16/h1-2,4,17H,3H2,(H,11,12)(H,13,14)(H,15,16). The van der Waals surface area contributed by atoms with E-state index < -0.39 is 17.8 Å². The lowest BCUT2D eigenvalue weighted by molar-refractivity contribution is -0.128. The maximum Gasteiger partial charge on any atom is 0.335 e. The van der Waals surface area contributed by atoms with Gasteiger partial charge >= 0.3 is 11.9 Å². The number of carbonyl (C=O) groups excluding carboxylic acids is 1. The van der Waals surface area contributed by atoms with Crippen molar-refractivity contribution in [3.63, 3.8) is 0 Å². The number of carboxylic acids is 2. The SMILES string of the molecule is O=C(Cc1cc(C(=O)O)cc(C(=O)O)c1)NO. The normalized spacial score (nSPS) is 9.71. The lowest BCUT2D eigenvalue weighted by atomic mass is 10.0. The van der Waals surface area contributed by atoms with Crippen LogP contribution in [-0.4, -0.2) is 33.3 Å². The molecule has 0 saturated carbocycles. The summed E-state index contributed by atoms with van der Waals surface area (Å²) < 4.78 is 0. The van der Waals surface area contributed by atoms with Crippen molar-refractivity contribution in [3.05, 3.63) is 34.9 Å². The smallest absolute Gasteiger partial charge is 0.335 e. The summed E-state index contributed by atoms with van der Waals surface area (Å²) in [4.78, 5) is 32.4. The Bertz CT molecular complexity index is 449. The van der Waals surface area contributed by atoms with Crippen LogP contribution in [0, 0.1) is 0 Å². The number of amides is 1. The lowest BCUT2D eigenvalue weighted by Gasteiger charge is -2.04. The summed E-state index contributed by atoms with van der Waals surface area (Å²) in [5.74, 6) is -3.35. The summed E-state index contributed by atoms with van der Waals surface area (Å²) >= 11 is 0. The van der Waals surface area contributed by atoms with Gasteiger partial charge in [0.2, 0.25) is 5.91 Å². The van der Waals surface area contributed by atoms with Gasteiger partial charge in [0.15, 0.2) is 0 Å². The van der Waals surface area contributed by atoms with Crippen molar-refractivity contribution in [1.29, 1.82) is 0 Å². The Morgan fingerprint density at radius 2 is 1.47 bits per heavy atom. The predicted octanol–water partition coefficient (Wildman–Crippen LogP) is 0.131. The third kappa shape index (κ3) is 3.28. The highest BCUT2D eigenvalue weighted by Gasteiger charge is 2.12. The van der Waals surface area contributed by atoms with Crippen molar-refractivity contribution in [2.45, 2.75) is 6.42 Å². The molecular weight excluding hydrogens is 230 g/mol. The van der Waals surface area contributed by atoms with Crippen LogP contribution in [0.25, 0.3) is 0 Å². The number of hydrogen-bond acceptors (Lipinski definition) is 4. The van der Waals surface area contributed by atoms with Crippen molar-refractivity contribution >= 4 is 17.8 Å². The fraction of sp³-hybridized carbons (Fsp3) is 0.100. The summed E-state index contributed by atoms with van der Waals surface area (Å²) in [6.45, 7) is 0. The van der Waals surface area contributed by atoms with Crippen LogP contribution in [-0.2, 0) is 11.2 Å². The minimum absolute atomic E-state index is 0.189. The Labute approximate surface area is 95.3 Å². The Balaban J connectivity index is 3.16. The van der Waals surface area contributed by atoms with E-state index in [4.69, 9.17) is 15.4 Å². The second-order valence-electron chi connectivity index (χ2n) is 3.24. The van der Waals surface area contributed by atoms with Crippen molar-refractivity contribution in [2.75, 3.05) is 0 Å². The van der Waals surface area contributed by atoms with Crippen LogP contribution >= 0.6 is 0 Å². The van der Waals surface area contributed by atoms with Gasteiger partial charge in [0.25, 0.3) is 0 Å². The van der Waals surface area contributed by atoms with E-state index in [0.29, 0.717) is 0 Å². The zero-order valence-electron chi connectivity index (χ0n) is 8.51. The van der Waals surface area contributed by atoms with Crippen LogP contribution in [0.4, 0.5) is 0 Å². The molecule has 1 rings (SSSR count). The summed E-state index contributed by atoms with van der Waals surface area (Å²) in [7, 11) is 0. The molecule has 0 saturated heterocycles. The topological polar surface area (TPSA) is 124 Å². The average Bonchev–Trinajstić information content (AvgIpc) is 2.28. The van der Waals surface area contributed by atoms with Gasteiger partial charge < -0.3 is 10.2 Å². The van der Waals surface area contributed by atoms with Crippen LogP contribution < -0.4 is 5.48 Å². The van der Waals surface area contributed by atoms with Gasteiger partial charge in [0.05, 0.1) is 17.5 Å². The molecule has 7 nitrogen and oxygen atoms in total. The summed E-state index contributed by atoms with van der Waals surface area (Å²) in [5.41, 5.74) is 1.10. The molecule has 0 bridgehead atoms. The molecule has 90 valence electrons. The fourth-order valence-corrected chi connectivity index (χ4v) is 1.27. The van der Waals surface area contributed by atoms with Gasteiger partial charge in [-0.1, -0.05) is 0 Å². The number of benzene rings is 1. The minimum atomic E-state index is -1.29. The maximum absolute atomic E-state index is 10.9. The monoisotopic (exact) mass is 239 g/mol. The molecule has 4 N–H and O–H groups in total. The molecule has 0 unspecified atom stereocenters. The Morgan fingerprint density at radius 3 is 1.82 bits per heavy atom. The molecule has 1 aromatic rings. The second-order valence-corrected chi connectivity index (χ2v) is 3.24. The molecule has 0 spiro atoms. The molecule has 0 atom stereocenters. The first-order valence-electron chi connectivity index (χ1n) is 4.47. The van der Waals surface area contributed by atoms with Gasteiger partial charge in [-0.25, -0.2) is 15.1 Å². The summed E-state index contributed by atoms with van der Waals surface area (Å²) in [5, 5.41) is 25.8. The minimum Gasteiger partial charge on any atom is -0.478 e. The molecule has 0 aliphatic heterocycles. The Hall–Kier alpha value is -2.41. The lowest BCUT2D eigenvalue weighted by Crippen LogP contribution is -2.21. The van der Waals surface area contributed by atoms with Gasteiger partial charge in [0, 0.05) is 0 Å². The molecule has 17 heavy (non-hydrogen) atoms. The van der Waals surface area contributed by atoms with Crippen LogP contribution in [0.3, 0.4) is 0 Å². The van der Waals surface area contributed by atoms with Crippen molar-refractivity contribution in [1.82, 2.24) is 5.48 Å². The van der Waals surface area contributed by atoms with E-state index in [1.165, 1.54) is 17.6 Å². The molecule has 0 radical (unpaired) electrons. The van der Waals surface area contributed by atoms with E-state index in [1.807, 2.05) is 0 Å². The molecule has 0 aliphatic carbocycles. The molecule has 0 aromatic heterocycles. The fourth-order valence-electron chi connectivity index (χ4n) is 1.27. The number of rotatable bonds is 4. The number of carboxylic acid groups (broad SMARTS) is 2. The number of hydrogen-bond donors (Lipinski definition) is 4. The van der Waals surface area contributed by atoms with Crippen molar-refractivity contribution < 1.29 is 29.8 Å². The third-order valence-corrected chi connectivity index (χ3v) is 1.98. The number of nitrogens with one attached hydrogen (secondary N) is 1. The van der Waals surface area contributed by atoms with E-state index >= 15 is 0 Å². The number of aromatic carboxylic acids is 2. The largest absolute Gasteiger partial charge is 0.478 e. The van der Waals surface area contributed by atoms with Crippen LogP contribution in [0.1, 0.15) is 26.3 Å². The Morgan fingerprint density at radius 1 is 1.00 bits per heavy atom. The highest BCUT2D eigenvalue weighted by atomic mass is 16.5. The van der Waals surface area contributed by atoms with Gasteiger partial charge in [0.1, 0.15) is 0 Å². The molecule has 7 heteroatoms. The highest BCUT2D eigenvalue weighted by molar-refractivity contribution is 5.94. The number of hydroxylamine groups is 1. The first kappa shape index (κ1) is 12.7. The summed E-state index contributed by atoms with van der Waals surface area (Å²) in [6, 6.07) is 3.33. The second kappa shape index (κ2) is 5.08. The van der Waals surface area contributed by atoms with Crippen LogP contribution in [0.2, 0.25) is 0 Å².